The van der Waals surface area contributed by atoms with Crippen LogP contribution >= 0.6 is 0 Å². The van der Waals surface area contributed by atoms with Crippen LogP contribution in [0.5, 0.6) is 0 Å². The lowest BCUT2D eigenvalue weighted by Gasteiger charge is -2.40. The van der Waals surface area contributed by atoms with E-state index >= 15 is 0 Å². The molecule has 452 valence electrons. The van der Waals surface area contributed by atoms with Gasteiger partial charge in [-0.25, -0.2) is 0 Å². The first-order chi connectivity index (χ1) is 37.7. The highest BCUT2D eigenvalue weighted by Gasteiger charge is 2.44. The molecule has 0 bridgehead atoms. The van der Waals surface area contributed by atoms with Crippen LogP contribution in [0.2, 0.25) is 0 Å². The zero-order valence-electron chi connectivity index (χ0n) is 49.7. The Bertz CT molecular complexity index is 1390. The molecule has 0 aliphatic carbocycles. The van der Waals surface area contributed by atoms with E-state index < -0.39 is 74.2 Å². The van der Waals surface area contributed by atoms with Gasteiger partial charge in [0.1, 0.15) is 36.6 Å². The predicted octanol–water partition coefficient (Wildman–Crippen LogP) is 14.8. The predicted molar refractivity (Wildman–Crippen MR) is 321 cm³/mol. The van der Waals surface area contributed by atoms with Gasteiger partial charge in [0.15, 0.2) is 6.29 Å². The summed E-state index contributed by atoms with van der Waals surface area (Å²) >= 11 is 0. The molecule has 0 aromatic heterocycles. The third-order valence-electron chi connectivity index (χ3n) is 15.6. The van der Waals surface area contributed by atoms with Gasteiger partial charge in [-0.15, -0.1) is 0 Å². The fraction of sp³-hybridized carbons (Fsp3) is 0.864. The minimum atomic E-state index is -1.67. The van der Waals surface area contributed by atoms with Gasteiger partial charge in [0.05, 0.1) is 25.4 Å². The first-order valence-corrected chi connectivity index (χ1v) is 32.5. The Morgan fingerprint density at radius 3 is 1.23 bits per heavy atom. The molecule has 9 atom stereocenters. The number of hydrogen-bond acceptors (Lipinski definition) is 10. The van der Waals surface area contributed by atoms with Gasteiger partial charge in [0.2, 0.25) is 5.91 Å². The van der Waals surface area contributed by atoms with Crippen molar-refractivity contribution in [2.24, 2.45) is 0 Å². The van der Waals surface area contributed by atoms with Gasteiger partial charge in [-0.1, -0.05) is 262 Å². The van der Waals surface area contributed by atoms with E-state index in [-0.39, 0.29) is 12.8 Å². The summed E-state index contributed by atoms with van der Waals surface area (Å²) in [5.41, 5.74) is 0. The smallest absolute Gasteiger partial charge is 0.249 e. The summed E-state index contributed by atoms with van der Waals surface area (Å²) < 4.78 is 11.2. The average molecular weight is 1090 g/mol. The summed E-state index contributed by atoms with van der Waals surface area (Å²) in [6.45, 7) is 3.47. The summed E-state index contributed by atoms with van der Waals surface area (Å²) in [5.74, 6) is -0.713. The molecule has 0 aromatic carbocycles. The third kappa shape index (κ3) is 42.6. The Morgan fingerprint density at radius 2 is 0.818 bits per heavy atom. The molecule has 0 aromatic rings. The molecule has 1 amide bonds. The van der Waals surface area contributed by atoms with Crippen LogP contribution in [-0.4, -0.2) is 110 Å². The number of allylic oxidation sites excluding steroid dienone is 8. The standard InChI is InChI=1S/C66H123NO10/c1-3-5-7-9-11-13-15-17-19-21-23-25-27-29-30-32-33-35-37-39-41-43-45-47-49-51-53-58(69)61(71)57(56-76-66-64(74)63(73)62(72)60(55-68)77-66)67-65(75)59(70)54-52-50-48-46-44-42-40-38-36-34-31-28-26-24-22-20-18-16-14-12-10-8-6-4-2/h24,26,31,34,37,39,45,47,57-64,66,68-74H,3-23,25,27-30,32-33,35-36,38,40-44,46,48-56H2,1-2H3,(H,67,75)/b26-24-,34-31-,39-37+,47-45+. The maximum atomic E-state index is 13.2. The number of carbonyl (C=O) groups excluding carboxylic acids is 1. The zero-order chi connectivity index (χ0) is 56.1. The number of amides is 1. The van der Waals surface area contributed by atoms with E-state index in [1.54, 1.807) is 0 Å². The van der Waals surface area contributed by atoms with E-state index in [1.807, 2.05) is 0 Å². The van der Waals surface area contributed by atoms with E-state index in [2.05, 4.69) is 67.8 Å². The number of aliphatic hydroxyl groups is 7. The van der Waals surface area contributed by atoms with Crippen molar-refractivity contribution in [3.8, 4) is 0 Å². The van der Waals surface area contributed by atoms with Crippen LogP contribution in [0.15, 0.2) is 48.6 Å². The molecule has 1 aliphatic rings. The number of aliphatic hydroxyl groups excluding tert-OH is 7. The molecule has 1 rings (SSSR count). The molecule has 0 radical (unpaired) electrons. The maximum Gasteiger partial charge on any atom is 0.249 e. The van der Waals surface area contributed by atoms with E-state index in [0.717, 1.165) is 57.8 Å². The second kappa shape index (κ2) is 54.6. The number of carbonyl (C=O) groups is 1. The minimum absolute atomic E-state index is 0.243. The van der Waals surface area contributed by atoms with Gasteiger partial charge < -0.3 is 50.5 Å². The van der Waals surface area contributed by atoms with Gasteiger partial charge >= 0.3 is 0 Å². The van der Waals surface area contributed by atoms with E-state index in [0.29, 0.717) is 19.3 Å². The number of nitrogens with one attached hydrogen (secondary N) is 1. The molecule has 11 heteroatoms. The normalized spacial score (nSPS) is 19.8. The summed E-state index contributed by atoms with van der Waals surface area (Å²) in [6.07, 6.45) is 58.9. The molecule has 1 aliphatic heterocycles. The fourth-order valence-corrected chi connectivity index (χ4v) is 10.3. The van der Waals surface area contributed by atoms with Crippen LogP contribution in [-0.2, 0) is 14.3 Å². The summed E-state index contributed by atoms with van der Waals surface area (Å²) in [7, 11) is 0. The molecule has 1 heterocycles. The van der Waals surface area contributed by atoms with Crippen LogP contribution in [0.25, 0.3) is 0 Å². The van der Waals surface area contributed by atoms with Crippen LogP contribution in [0.4, 0.5) is 0 Å². The van der Waals surface area contributed by atoms with Crippen LogP contribution in [0.3, 0.4) is 0 Å². The van der Waals surface area contributed by atoms with Crippen molar-refractivity contribution in [1.82, 2.24) is 5.32 Å². The molecule has 11 nitrogen and oxygen atoms in total. The molecular formula is C66H123NO10. The van der Waals surface area contributed by atoms with E-state index in [9.17, 15) is 40.5 Å². The largest absolute Gasteiger partial charge is 0.394 e. The monoisotopic (exact) mass is 1090 g/mol. The Kier molecular flexibility index (Phi) is 51.9. The molecule has 9 unspecified atom stereocenters. The summed E-state index contributed by atoms with van der Waals surface area (Å²) in [4.78, 5) is 13.2. The Morgan fingerprint density at radius 1 is 0.455 bits per heavy atom. The van der Waals surface area contributed by atoms with Gasteiger partial charge in [-0.3, -0.25) is 4.79 Å². The van der Waals surface area contributed by atoms with Gasteiger partial charge in [0.25, 0.3) is 0 Å². The van der Waals surface area contributed by atoms with E-state index in [1.165, 1.54) is 193 Å². The Balaban J connectivity index is 2.29. The number of rotatable bonds is 56. The minimum Gasteiger partial charge on any atom is -0.394 e. The van der Waals surface area contributed by atoms with Gasteiger partial charge in [-0.05, 0) is 83.5 Å². The number of ether oxygens (including phenoxy) is 2. The zero-order valence-corrected chi connectivity index (χ0v) is 49.7. The second-order valence-electron chi connectivity index (χ2n) is 22.8. The summed E-state index contributed by atoms with van der Waals surface area (Å²) in [6, 6.07) is -1.20. The van der Waals surface area contributed by atoms with Gasteiger partial charge in [-0.2, -0.15) is 0 Å². The molecule has 0 saturated carbocycles. The topological polar surface area (TPSA) is 189 Å². The lowest BCUT2D eigenvalue weighted by molar-refractivity contribution is -0.303. The number of unbranched alkanes of at least 4 members (excludes halogenated alkanes) is 36. The molecule has 77 heavy (non-hydrogen) atoms. The molecular weight excluding hydrogens is 967 g/mol. The lowest BCUT2D eigenvalue weighted by atomic mass is 9.98. The summed E-state index contributed by atoms with van der Waals surface area (Å²) in [5, 5.41) is 76.3. The third-order valence-corrected chi connectivity index (χ3v) is 15.6. The number of hydrogen-bond donors (Lipinski definition) is 8. The Labute approximate surface area is 472 Å². The van der Waals surface area contributed by atoms with E-state index in [4.69, 9.17) is 9.47 Å². The molecule has 1 fully saturated rings. The van der Waals surface area contributed by atoms with Crippen molar-refractivity contribution >= 4 is 5.91 Å². The highest BCUT2D eigenvalue weighted by molar-refractivity contribution is 5.80. The average Bonchev–Trinajstić information content (AvgIpc) is 3.43. The van der Waals surface area contributed by atoms with Crippen molar-refractivity contribution in [2.45, 2.75) is 351 Å². The highest BCUT2D eigenvalue weighted by atomic mass is 16.7. The molecule has 0 spiro atoms. The van der Waals surface area contributed by atoms with Crippen molar-refractivity contribution in [3.63, 3.8) is 0 Å². The maximum absolute atomic E-state index is 13.2. The van der Waals surface area contributed by atoms with Crippen molar-refractivity contribution in [3.05, 3.63) is 48.6 Å². The van der Waals surface area contributed by atoms with Crippen molar-refractivity contribution in [1.29, 1.82) is 0 Å². The lowest BCUT2D eigenvalue weighted by Crippen LogP contribution is -2.60. The van der Waals surface area contributed by atoms with Crippen LogP contribution < -0.4 is 5.32 Å². The van der Waals surface area contributed by atoms with Crippen molar-refractivity contribution in [2.75, 3.05) is 13.2 Å². The first-order valence-electron chi connectivity index (χ1n) is 32.5. The quantitative estimate of drug-likeness (QED) is 0.0215. The highest BCUT2D eigenvalue weighted by Crippen LogP contribution is 2.23. The van der Waals surface area contributed by atoms with Crippen LogP contribution in [0.1, 0.15) is 296 Å². The van der Waals surface area contributed by atoms with Crippen molar-refractivity contribution < 1.29 is 50.0 Å². The SMILES string of the molecule is CCCCCCCCCCC/C=C\C/C=C\CCCCCCCCCCC(O)C(=O)NC(COC1OC(CO)C(O)C(O)C1O)C(O)C(O)CCC/C=C/CC/C=C/CCCCCCCCCCCCCCCCCCC. The molecule has 8 N–H and O–H groups in total. The van der Waals surface area contributed by atoms with Crippen LogP contribution in [0, 0.1) is 0 Å². The first kappa shape index (κ1) is 73.1. The Hall–Kier alpha value is -1.93. The fourth-order valence-electron chi connectivity index (χ4n) is 10.3. The second-order valence-corrected chi connectivity index (χ2v) is 22.8. The van der Waals surface area contributed by atoms with Gasteiger partial charge in [0, 0.05) is 0 Å². The molecule has 1 saturated heterocycles.